The monoisotopic (exact) mass is 221 g/mol. The molecule has 2 heteroatoms. The summed E-state index contributed by atoms with van der Waals surface area (Å²) in [6.45, 7) is 7.25. The van der Waals surface area contributed by atoms with Crippen LogP contribution in [0.4, 0.5) is 4.39 Å². The van der Waals surface area contributed by atoms with E-state index in [1.54, 1.807) is 12.1 Å². The number of hydrogen-bond donors (Lipinski definition) is 0. The minimum absolute atomic E-state index is 0.0572. The number of halogens is 1. The van der Waals surface area contributed by atoms with E-state index in [1.165, 1.54) is 12.8 Å². The summed E-state index contributed by atoms with van der Waals surface area (Å²) in [5, 5.41) is 0. The van der Waals surface area contributed by atoms with Crippen molar-refractivity contribution in [2.45, 2.75) is 33.2 Å². The molecular formula is C14H20FN. The second-order valence-electron chi connectivity index (χ2n) is 5.02. The van der Waals surface area contributed by atoms with Crippen molar-refractivity contribution in [2.24, 2.45) is 5.92 Å². The smallest absolute Gasteiger partial charge is 0.127 e. The minimum Gasteiger partial charge on any atom is -0.299 e. The van der Waals surface area contributed by atoms with E-state index in [0.29, 0.717) is 0 Å². The maximum absolute atomic E-state index is 13.7. The Morgan fingerprint density at radius 1 is 1.44 bits per heavy atom. The van der Waals surface area contributed by atoms with Crippen LogP contribution in [-0.2, 0) is 6.54 Å². The number of hydrogen-bond acceptors (Lipinski definition) is 1. The molecular weight excluding hydrogens is 201 g/mol. The Bertz CT molecular complexity index is 342. The highest BCUT2D eigenvalue weighted by Gasteiger charge is 2.18. The quantitative estimate of drug-likeness (QED) is 0.740. The van der Waals surface area contributed by atoms with Crippen LogP contribution in [0.5, 0.6) is 0 Å². The van der Waals surface area contributed by atoms with Crippen LogP contribution >= 0.6 is 0 Å². The zero-order valence-electron chi connectivity index (χ0n) is 10.2. The third-order valence-corrected chi connectivity index (χ3v) is 3.48. The van der Waals surface area contributed by atoms with Gasteiger partial charge >= 0.3 is 0 Å². The van der Waals surface area contributed by atoms with Crippen molar-refractivity contribution in [3.63, 3.8) is 0 Å². The molecule has 0 spiro atoms. The molecule has 2 rings (SSSR count). The molecule has 0 N–H and O–H groups in total. The standard InChI is InChI=1S/C14H20FN/c1-11-5-4-8-16(9-11)10-13-12(2)6-3-7-14(13)15/h3,6-7,11H,4-5,8-10H2,1-2H3/t11-/m1/s1. The Kier molecular flexibility index (Phi) is 3.59. The van der Waals surface area contributed by atoms with Gasteiger partial charge in [-0.1, -0.05) is 19.1 Å². The van der Waals surface area contributed by atoms with E-state index < -0.39 is 0 Å². The number of nitrogens with zero attached hydrogens (tertiary/aromatic N) is 1. The van der Waals surface area contributed by atoms with Crippen molar-refractivity contribution in [1.82, 2.24) is 4.90 Å². The third kappa shape index (κ3) is 2.62. The van der Waals surface area contributed by atoms with E-state index in [9.17, 15) is 4.39 Å². The summed E-state index contributed by atoms with van der Waals surface area (Å²) in [7, 11) is 0. The maximum Gasteiger partial charge on any atom is 0.127 e. The molecule has 88 valence electrons. The highest BCUT2D eigenvalue weighted by atomic mass is 19.1. The van der Waals surface area contributed by atoms with Gasteiger partial charge in [0.15, 0.2) is 0 Å². The van der Waals surface area contributed by atoms with Crippen molar-refractivity contribution in [1.29, 1.82) is 0 Å². The summed E-state index contributed by atoms with van der Waals surface area (Å²) in [5.41, 5.74) is 1.94. The molecule has 16 heavy (non-hydrogen) atoms. The molecule has 1 fully saturated rings. The number of piperidine rings is 1. The van der Waals surface area contributed by atoms with E-state index in [0.717, 1.165) is 36.7 Å². The second kappa shape index (κ2) is 4.96. The molecule has 1 heterocycles. The van der Waals surface area contributed by atoms with Crippen molar-refractivity contribution < 1.29 is 4.39 Å². The molecule has 1 atom stereocenters. The van der Waals surface area contributed by atoms with Crippen LogP contribution in [0.15, 0.2) is 18.2 Å². The lowest BCUT2D eigenvalue weighted by Crippen LogP contribution is -2.34. The lowest BCUT2D eigenvalue weighted by molar-refractivity contribution is 0.174. The van der Waals surface area contributed by atoms with Gasteiger partial charge in [0.25, 0.3) is 0 Å². The fraction of sp³-hybridized carbons (Fsp3) is 0.571. The average Bonchev–Trinajstić information content (AvgIpc) is 2.24. The van der Waals surface area contributed by atoms with Crippen molar-refractivity contribution in [3.05, 3.63) is 35.1 Å². The predicted molar refractivity (Wildman–Crippen MR) is 64.8 cm³/mol. The van der Waals surface area contributed by atoms with Crippen LogP contribution < -0.4 is 0 Å². The molecule has 0 aliphatic carbocycles. The van der Waals surface area contributed by atoms with Gasteiger partial charge < -0.3 is 0 Å². The summed E-state index contributed by atoms with van der Waals surface area (Å²) in [6, 6.07) is 5.34. The highest BCUT2D eigenvalue weighted by molar-refractivity contribution is 5.27. The van der Waals surface area contributed by atoms with Gasteiger partial charge in [-0.3, -0.25) is 4.90 Å². The predicted octanol–water partition coefficient (Wildman–Crippen LogP) is 3.37. The third-order valence-electron chi connectivity index (χ3n) is 3.48. The van der Waals surface area contributed by atoms with Crippen LogP contribution in [0, 0.1) is 18.7 Å². The SMILES string of the molecule is Cc1cccc(F)c1CN1CCC[C@@H](C)C1. The van der Waals surface area contributed by atoms with Gasteiger partial charge in [0.05, 0.1) is 0 Å². The fourth-order valence-corrected chi connectivity index (χ4v) is 2.52. The average molecular weight is 221 g/mol. The summed E-state index contributed by atoms with van der Waals surface area (Å²) in [5.74, 6) is 0.694. The molecule has 0 bridgehead atoms. The topological polar surface area (TPSA) is 3.24 Å². The van der Waals surface area contributed by atoms with Gasteiger partial charge in [-0.05, 0) is 43.9 Å². The van der Waals surface area contributed by atoms with Gasteiger partial charge in [0.1, 0.15) is 5.82 Å². The van der Waals surface area contributed by atoms with Crippen molar-refractivity contribution >= 4 is 0 Å². The van der Waals surface area contributed by atoms with Gasteiger partial charge in [-0.2, -0.15) is 0 Å². The Morgan fingerprint density at radius 3 is 2.94 bits per heavy atom. The van der Waals surface area contributed by atoms with Crippen LogP contribution in [0.25, 0.3) is 0 Å². The molecule has 1 saturated heterocycles. The van der Waals surface area contributed by atoms with E-state index >= 15 is 0 Å². The van der Waals surface area contributed by atoms with Gasteiger partial charge in [-0.25, -0.2) is 4.39 Å². The summed E-state index contributed by atoms with van der Waals surface area (Å²) < 4.78 is 13.7. The molecule has 0 unspecified atom stereocenters. The maximum atomic E-state index is 13.7. The number of rotatable bonds is 2. The first-order chi connectivity index (χ1) is 7.66. The molecule has 1 aromatic rings. The molecule has 0 radical (unpaired) electrons. The number of likely N-dealkylation sites (tertiary alicyclic amines) is 1. The molecule has 1 aliphatic rings. The van der Waals surface area contributed by atoms with Crippen LogP contribution in [-0.4, -0.2) is 18.0 Å². The number of benzene rings is 1. The van der Waals surface area contributed by atoms with Gasteiger partial charge in [-0.15, -0.1) is 0 Å². The largest absolute Gasteiger partial charge is 0.299 e. The molecule has 0 aromatic heterocycles. The highest BCUT2D eigenvalue weighted by Crippen LogP contribution is 2.20. The number of aryl methyl sites for hydroxylation is 1. The van der Waals surface area contributed by atoms with Gasteiger partial charge in [0.2, 0.25) is 0 Å². The minimum atomic E-state index is -0.0572. The molecule has 0 saturated carbocycles. The first-order valence-corrected chi connectivity index (χ1v) is 6.13. The Balaban J connectivity index is 2.08. The summed E-state index contributed by atoms with van der Waals surface area (Å²) in [4.78, 5) is 2.37. The zero-order valence-corrected chi connectivity index (χ0v) is 10.2. The molecule has 1 nitrogen and oxygen atoms in total. The van der Waals surface area contributed by atoms with Crippen molar-refractivity contribution in [2.75, 3.05) is 13.1 Å². The van der Waals surface area contributed by atoms with Crippen molar-refractivity contribution in [3.8, 4) is 0 Å². The summed E-state index contributed by atoms with van der Waals surface area (Å²) in [6.07, 6.45) is 2.56. The Hall–Kier alpha value is -0.890. The normalized spacial score (nSPS) is 22.3. The summed E-state index contributed by atoms with van der Waals surface area (Å²) >= 11 is 0. The zero-order chi connectivity index (χ0) is 11.5. The molecule has 1 aliphatic heterocycles. The Labute approximate surface area is 97.3 Å². The van der Waals surface area contributed by atoms with Crippen LogP contribution in [0.2, 0.25) is 0 Å². The van der Waals surface area contributed by atoms with E-state index in [-0.39, 0.29) is 5.82 Å². The lowest BCUT2D eigenvalue weighted by atomic mass is 9.99. The fourth-order valence-electron chi connectivity index (χ4n) is 2.52. The molecule has 1 aromatic carbocycles. The first-order valence-electron chi connectivity index (χ1n) is 6.13. The molecule has 0 amide bonds. The lowest BCUT2D eigenvalue weighted by Gasteiger charge is -2.31. The van der Waals surface area contributed by atoms with E-state index in [2.05, 4.69) is 11.8 Å². The Morgan fingerprint density at radius 2 is 2.25 bits per heavy atom. The van der Waals surface area contributed by atoms with Gasteiger partial charge in [0, 0.05) is 18.7 Å². The van der Waals surface area contributed by atoms with Crippen LogP contribution in [0.3, 0.4) is 0 Å². The van der Waals surface area contributed by atoms with Crippen LogP contribution in [0.1, 0.15) is 30.9 Å². The van der Waals surface area contributed by atoms with E-state index in [1.807, 2.05) is 13.0 Å². The first kappa shape index (κ1) is 11.6. The van der Waals surface area contributed by atoms with E-state index in [4.69, 9.17) is 0 Å². The second-order valence-corrected chi connectivity index (χ2v) is 5.02.